The maximum absolute atomic E-state index is 11.0. The van der Waals surface area contributed by atoms with E-state index < -0.39 is 5.91 Å². The average Bonchev–Trinajstić information content (AvgIpc) is 2.67. The van der Waals surface area contributed by atoms with E-state index in [4.69, 9.17) is 11.5 Å². The van der Waals surface area contributed by atoms with Gasteiger partial charge in [-0.15, -0.1) is 0 Å². The lowest BCUT2D eigenvalue weighted by Crippen LogP contribution is -2.11. The summed E-state index contributed by atoms with van der Waals surface area (Å²) in [6, 6.07) is 4.82. The highest BCUT2D eigenvalue weighted by Crippen LogP contribution is 2.24. The van der Waals surface area contributed by atoms with Crippen molar-refractivity contribution in [1.29, 1.82) is 0 Å². The maximum Gasteiger partial charge on any atom is 0.248 e. The van der Waals surface area contributed by atoms with Gasteiger partial charge in [-0.05, 0) is 25.1 Å². The molecule has 1 heterocycles. The number of aryl methyl sites for hydroxylation is 1. The number of nitrogens with one attached hydrogen (secondary N) is 1. The predicted octanol–water partition coefficient (Wildman–Crippen LogP) is 1.27. The molecule has 1 aromatic carbocycles. The molecule has 0 aliphatic carbocycles. The van der Waals surface area contributed by atoms with Gasteiger partial charge in [0.25, 0.3) is 0 Å². The number of carbonyl (C=O) groups is 1. The SMILES string of the molecule is Cc1nsc(Nc2ccc(C(N)=O)cc2N)n1. The summed E-state index contributed by atoms with van der Waals surface area (Å²) >= 11 is 1.24. The van der Waals surface area contributed by atoms with E-state index in [1.807, 2.05) is 0 Å². The summed E-state index contributed by atoms with van der Waals surface area (Å²) < 4.78 is 4.04. The molecule has 17 heavy (non-hydrogen) atoms. The molecule has 0 aliphatic rings. The summed E-state index contributed by atoms with van der Waals surface area (Å²) in [6.45, 7) is 1.81. The van der Waals surface area contributed by atoms with Crippen molar-refractivity contribution in [2.75, 3.05) is 11.1 Å². The number of nitrogens with zero attached hydrogens (tertiary/aromatic N) is 2. The summed E-state index contributed by atoms with van der Waals surface area (Å²) in [5.74, 6) is 0.194. The highest BCUT2D eigenvalue weighted by molar-refractivity contribution is 7.09. The van der Waals surface area contributed by atoms with Gasteiger partial charge in [-0.25, -0.2) is 4.98 Å². The molecule has 0 saturated heterocycles. The summed E-state index contributed by atoms with van der Waals surface area (Å²) in [5, 5.41) is 3.68. The smallest absolute Gasteiger partial charge is 0.248 e. The Labute approximate surface area is 102 Å². The highest BCUT2D eigenvalue weighted by Gasteiger charge is 2.06. The van der Waals surface area contributed by atoms with Crippen LogP contribution in [0.3, 0.4) is 0 Å². The molecule has 2 aromatic rings. The van der Waals surface area contributed by atoms with E-state index in [0.29, 0.717) is 27.9 Å². The fraction of sp³-hybridized carbons (Fsp3) is 0.100. The first-order valence-electron chi connectivity index (χ1n) is 4.83. The van der Waals surface area contributed by atoms with Crippen LogP contribution in [0.15, 0.2) is 18.2 Å². The van der Waals surface area contributed by atoms with Crippen LogP contribution in [0.25, 0.3) is 0 Å². The standard InChI is InChI=1S/C10H11N5OS/c1-5-13-10(17-15-5)14-8-3-2-6(9(12)16)4-7(8)11/h2-4H,11H2,1H3,(H2,12,16)(H,13,14,15). The van der Waals surface area contributed by atoms with E-state index in [1.54, 1.807) is 19.1 Å². The number of nitrogens with two attached hydrogens (primary N) is 2. The van der Waals surface area contributed by atoms with Gasteiger partial charge in [0, 0.05) is 17.1 Å². The van der Waals surface area contributed by atoms with E-state index in [1.165, 1.54) is 17.6 Å². The lowest BCUT2D eigenvalue weighted by molar-refractivity contribution is 0.100. The number of benzene rings is 1. The third-order valence-corrected chi connectivity index (χ3v) is 2.83. The van der Waals surface area contributed by atoms with Crippen LogP contribution in [0.2, 0.25) is 0 Å². The fourth-order valence-corrected chi connectivity index (χ4v) is 1.88. The van der Waals surface area contributed by atoms with Crippen LogP contribution in [0.5, 0.6) is 0 Å². The average molecular weight is 249 g/mol. The zero-order chi connectivity index (χ0) is 12.4. The Bertz CT molecular complexity index is 566. The van der Waals surface area contributed by atoms with Gasteiger partial charge in [0.2, 0.25) is 11.0 Å². The minimum absolute atomic E-state index is 0.376. The van der Waals surface area contributed by atoms with Gasteiger partial charge >= 0.3 is 0 Å². The number of carbonyl (C=O) groups excluding carboxylic acids is 1. The minimum Gasteiger partial charge on any atom is -0.397 e. The zero-order valence-electron chi connectivity index (χ0n) is 9.10. The van der Waals surface area contributed by atoms with Crippen molar-refractivity contribution in [2.45, 2.75) is 6.92 Å². The molecule has 2 rings (SSSR count). The van der Waals surface area contributed by atoms with Crippen molar-refractivity contribution in [1.82, 2.24) is 9.36 Å². The number of hydrogen-bond donors (Lipinski definition) is 3. The second-order valence-corrected chi connectivity index (χ2v) is 4.19. The molecule has 5 N–H and O–H groups in total. The van der Waals surface area contributed by atoms with Crippen LogP contribution in [0.1, 0.15) is 16.2 Å². The van der Waals surface area contributed by atoms with Gasteiger partial charge in [-0.3, -0.25) is 4.79 Å². The first-order chi connectivity index (χ1) is 8.06. The number of nitrogen functional groups attached to an aromatic ring is 1. The monoisotopic (exact) mass is 249 g/mol. The van der Waals surface area contributed by atoms with Crippen LogP contribution in [0.4, 0.5) is 16.5 Å². The van der Waals surface area contributed by atoms with Gasteiger partial charge in [0.1, 0.15) is 5.82 Å². The normalized spacial score (nSPS) is 10.2. The third kappa shape index (κ3) is 2.51. The largest absolute Gasteiger partial charge is 0.397 e. The van der Waals surface area contributed by atoms with Gasteiger partial charge in [-0.2, -0.15) is 4.37 Å². The molecule has 0 saturated carbocycles. The Morgan fingerprint density at radius 3 is 2.76 bits per heavy atom. The minimum atomic E-state index is -0.505. The second kappa shape index (κ2) is 4.38. The maximum atomic E-state index is 11.0. The van der Waals surface area contributed by atoms with Crippen LogP contribution in [0, 0.1) is 6.92 Å². The number of hydrogen-bond acceptors (Lipinski definition) is 6. The van der Waals surface area contributed by atoms with Crippen molar-refractivity contribution < 1.29 is 4.79 Å². The van der Waals surface area contributed by atoms with Crippen molar-refractivity contribution in [3.05, 3.63) is 29.6 Å². The quantitative estimate of drug-likeness (QED) is 0.710. The first kappa shape index (κ1) is 11.3. The van der Waals surface area contributed by atoms with Crippen LogP contribution < -0.4 is 16.8 Å². The Morgan fingerprint density at radius 2 is 2.24 bits per heavy atom. The van der Waals surface area contributed by atoms with E-state index in [9.17, 15) is 4.79 Å². The Morgan fingerprint density at radius 1 is 1.47 bits per heavy atom. The van der Waals surface area contributed by atoms with E-state index >= 15 is 0 Å². The Hall–Kier alpha value is -2.15. The molecule has 7 heteroatoms. The number of amides is 1. The molecule has 0 radical (unpaired) electrons. The Balaban J connectivity index is 2.25. The number of anilines is 3. The molecular formula is C10H11N5OS. The fourth-order valence-electron chi connectivity index (χ4n) is 1.29. The molecule has 6 nitrogen and oxygen atoms in total. The summed E-state index contributed by atoms with van der Waals surface area (Å²) in [7, 11) is 0. The van der Waals surface area contributed by atoms with Gasteiger partial charge in [-0.1, -0.05) is 0 Å². The number of aromatic nitrogens is 2. The van der Waals surface area contributed by atoms with Crippen molar-refractivity contribution in [3.8, 4) is 0 Å². The topological polar surface area (TPSA) is 107 Å². The molecule has 0 fully saturated rings. The Kier molecular flexibility index (Phi) is 2.92. The summed E-state index contributed by atoms with van der Waals surface area (Å²) in [6.07, 6.45) is 0. The van der Waals surface area contributed by atoms with Crippen LogP contribution >= 0.6 is 11.5 Å². The molecule has 0 atom stereocenters. The van der Waals surface area contributed by atoms with Gasteiger partial charge < -0.3 is 16.8 Å². The highest BCUT2D eigenvalue weighted by atomic mass is 32.1. The molecule has 0 spiro atoms. The molecule has 0 unspecified atom stereocenters. The second-order valence-electron chi connectivity index (χ2n) is 3.44. The van der Waals surface area contributed by atoms with Crippen molar-refractivity contribution in [2.24, 2.45) is 5.73 Å². The van der Waals surface area contributed by atoms with E-state index in [-0.39, 0.29) is 0 Å². The van der Waals surface area contributed by atoms with Gasteiger partial charge in [0.15, 0.2) is 0 Å². The van der Waals surface area contributed by atoms with Crippen LogP contribution in [-0.2, 0) is 0 Å². The molecule has 88 valence electrons. The molecule has 0 bridgehead atoms. The number of primary amides is 1. The lowest BCUT2D eigenvalue weighted by Gasteiger charge is -2.06. The van der Waals surface area contributed by atoms with Crippen molar-refractivity contribution in [3.63, 3.8) is 0 Å². The van der Waals surface area contributed by atoms with Gasteiger partial charge in [0.05, 0.1) is 11.4 Å². The zero-order valence-corrected chi connectivity index (χ0v) is 9.91. The van der Waals surface area contributed by atoms with E-state index in [2.05, 4.69) is 14.7 Å². The summed E-state index contributed by atoms with van der Waals surface area (Å²) in [5.41, 5.74) is 12.4. The molecule has 0 aliphatic heterocycles. The van der Waals surface area contributed by atoms with Crippen molar-refractivity contribution >= 4 is 33.9 Å². The molecular weight excluding hydrogens is 238 g/mol. The number of rotatable bonds is 3. The van der Waals surface area contributed by atoms with E-state index in [0.717, 1.165) is 0 Å². The predicted molar refractivity (Wildman–Crippen MR) is 67.3 cm³/mol. The molecule has 1 amide bonds. The summed E-state index contributed by atoms with van der Waals surface area (Å²) in [4.78, 5) is 15.1. The van der Waals surface area contributed by atoms with Crippen LogP contribution in [-0.4, -0.2) is 15.3 Å². The first-order valence-corrected chi connectivity index (χ1v) is 5.60. The third-order valence-electron chi connectivity index (χ3n) is 2.11. The lowest BCUT2D eigenvalue weighted by atomic mass is 10.1. The molecule has 1 aromatic heterocycles.